The van der Waals surface area contributed by atoms with Gasteiger partial charge in [0, 0.05) is 13.1 Å². The molecule has 4 heteroatoms. The smallest absolute Gasteiger partial charge is 0.185 e. The summed E-state index contributed by atoms with van der Waals surface area (Å²) >= 11 is 1.62. The zero-order valence-corrected chi connectivity index (χ0v) is 14.1. The molecule has 0 amide bonds. The van der Waals surface area contributed by atoms with Crippen LogP contribution in [0.1, 0.15) is 64.5 Å². The number of thiazole rings is 1. The summed E-state index contributed by atoms with van der Waals surface area (Å²) in [4.78, 5) is 8.01. The first-order valence-electron chi connectivity index (χ1n) is 7.05. The molecule has 3 nitrogen and oxygen atoms in total. The van der Waals surface area contributed by atoms with E-state index in [1.54, 1.807) is 11.3 Å². The highest BCUT2D eigenvalue weighted by Gasteiger charge is 2.27. The van der Waals surface area contributed by atoms with Gasteiger partial charge in [-0.2, -0.15) is 0 Å². The molecule has 1 heterocycles. The Morgan fingerprint density at radius 3 is 2.32 bits per heavy atom. The lowest BCUT2D eigenvalue weighted by Crippen LogP contribution is -2.39. The molecule has 0 bridgehead atoms. The van der Waals surface area contributed by atoms with Crippen LogP contribution in [-0.2, 0) is 6.61 Å². The van der Waals surface area contributed by atoms with Crippen LogP contribution >= 0.6 is 11.3 Å². The molecule has 0 aliphatic carbocycles. The van der Waals surface area contributed by atoms with Crippen LogP contribution < -0.4 is 4.90 Å². The normalized spacial score (nSPS) is 15.4. The van der Waals surface area contributed by atoms with E-state index >= 15 is 0 Å². The second kappa shape index (κ2) is 6.23. The molecule has 0 saturated carbocycles. The number of hydrogen-bond donors (Lipinski definition) is 1. The monoisotopic (exact) mass is 284 g/mol. The fourth-order valence-corrected chi connectivity index (χ4v) is 3.02. The first-order valence-corrected chi connectivity index (χ1v) is 7.87. The first kappa shape index (κ1) is 16.4. The van der Waals surface area contributed by atoms with Crippen molar-refractivity contribution in [3.8, 4) is 0 Å². The first-order chi connectivity index (χ1) is 8.72. The third kappa shape index (κ3) is 3.69. The van der Waals surface area contributed by atoms with Crippen molar-refractivity contribution >= 4 is 16.5 Å². The number of anilines is 1. The Balaban J connectivity index is 3.05. The Morgan fingerprint density at radius 2 is 1.89 bits per heavy atom. The minimum atomic E-state index is 0.0923. The van der Waals surface area contributed by atoms with Crippen LogP contribution in [0.25, 0.3) is 0 Å². The number of aliphatic hydroxyl groups excluding tert-OH is 1. The van der Waals surface area contributed by atoms with E-state index in [1.807, 2.05) is 0 Å². The molecular formula is C15H28N2OS. The Hall–Kier alpha value is -0.610. The molecule has 0 saturated heterocycles. The van der Waals surface area contributed by atoms with Crippen LogP contribution in [0.4, 0.5) is 5.13 Å². The zero-order chi connectivity index (χ0) is 14.8. The third-order valence-corrected chi connectivity index (χ3v) is 5.22. The minimum Gasteiger partial charge on any atom is -0.391 e. The highest BCUT2D eigenvalue weighted by Crippen LogP contribution is 2.35. The predicted octanol–water partition coefficient (Wildman–Crippen LogP) is 4.02. The molecule has 0 aromatic carbocycles. The van der Waals surface area contributed by atoms with Crippen LogP contribution in [0.5, 0.6) is 0 Å². The van der Waals surface area contributed by atoms with E-state index in [2.05, 4.69) is 53.5 Å². The Bertz CT molecular complexity index is 409. The highest BCUT2D eigenvalue weighted by atomic mass is 32.1. The molecule has 19 heavy (non-hydrogen) atoms. The van der Waals surface area contributed by atoms with Crippen LogP contribution in [0.15, 0.2) is 0 Å². The largest absolute Gasteiger partial charge is 0.391 e. The van der Waals surface area contributed by atoms with E-state index in [4.69, 9.17) is 4.98 Å². The van der Waals surface area contributed by atoms with Crippen molar-refractivity contribution < 1.29 is 5.11 Å². The van der Waals surface area contributed by atoms with Gasteiger partial charge in [0.2, 0.25) is 0 Å². The third-order valence-electron chi connectivity index (χ3n) is 4.08. The lowest BCUT2D eigenvalue weighted by Gasteiger charge is -2.35. The van der Waals surface area contributed by atoms with Crippen molar-refractivity contribution in [2.24, 2.45) is 5.41 Å². The van der Waals surface area contributed by atoms with Gasteiger partial charge in [0.1, 0.15) is 0 Å². The van der Waals surface area contributed by atoms with E-state index in [-0.39, 0.29) is 12.0 Å². The van der Waals surface area contributed by atoms with Crippen LogP contribution in [0, 0.1) is 5.41 Å². The van der Waals surface area contributed by atoms with E-state index in [0.717, 1.165) is 22.1 Å². The zero-order valence-electron chi connectivity index (χ0n) is 13.3. The van der Waals surface area contributed by atoms with Gasteiger partial charge < -0.3 is 10.0 Å². The van der Waals surface area contributed by atoms with Gasteiger partial charge in [0.15, 0.2) is 5.13 Å². The standard InChI is InChI=1S/C15H28N2OS/c1-8-10(2)13-12(9-18)19-14(16-13)17(7)11(3)15(4,5)6/h10-11,18H,8-9H2,1-7H3. The molecule has 0 aliphatic heterocycles. The summed E-state index contributed by atoms with van der Waals surface area (Å²) in [6, 6.07) is 0.398. The van der Waals surface area contributed by atoms with Gasteiger partial charge in [-0.3, -0.25) is 0 Å². The summed E-state index contributed by atoms with van der Waals surface area (Å²) in [5, 5.41) is 10.5. The Kier molecular flexibility index (Phi) is 5.39. The lowest BCUT2D eigenvalue weighted by molar-refractivity contribution is 0.283. The van der Waals surface area contributed by atoms with Gasteiger partial charge >= 0.3 is 0 Å². The van der Waals surface area contributed by atoms with E-state index in [0.29, 0.717) is 12.0 Å². The number of aliphatic hydroxyl groups is 1. The fourth-order valence-electron chi connectivity index (χ4n) is 1.94. The fraction of sp³-hybridized carbons (Fsp3) is 0.800. The molecule has 2 unspecified atom stereocenters. The van der Waals surface area contributed by atoms with Crippen molar-refractivity contribution in [2.45, 2.75) is 66.5 Å². The summed E-state index contributed by atoms with van der Waals surface area (Å²) in [7, 11) is 2.09. The molecule has 110 valence electrons. The number of nitrogens with zero attached hydrogens (tertiary/aromatic N) is 2. The molecule has 1 rings (SSSR count). The quantitative estimate of drug-likeness (QED) is 0.887. The molecule has 0 fully saturated rings. The van der Waals surface area contributed by atoms with Crippen molar-refractivity contribution in [3.63, 3.8) is 0 Å². The summed E-state index contributed by atoms with van der Waals surface area (Å²) in [5.74, 6) is 0.408. The van der Waals surface area contributed by atoms with E-state index in [9.17, 15) is 5.11 Å². The molecule has 1 aromatic rings. The van der Waals surface area contributed by atoms with Gasteiger partial charge in [-0.05, 0) is 24.7 Å². The van der Waals surface area contributed by atoms with Crippen LogP contribution in [0.3, 0.4) is 0 Å². The van der Waals surface area contributed by atoms with Crippen molar-refractivity contribution in [2.75, 3.05) is 11.9 Å². The Labute approximate surface area is 121 Å². The molecule has 0 spiro atoms. The molecular weight excluding hydrogens is 256 g/mol. The van der Waals surface area contributed by atoms with Crippen molar-refractivity contribution in [3.05, 3.63) is 10.6 Å². The highest BCUT2D eigenvalue weighted by molar-refractivity contribution is 7.15. The average Bonchev–Trinajstić information content (AvgIpc) is 2.78. The molecule has 2 atom stereocenters. The van der Waals surface area contributed by atoms with Crippen molar-refractivity contribution in [1.29, 1.82) is 0 Å². The minimum absolute atomic E-state index is 0.0923. The molecule has 0 radical (unpaired) electrons. The van der Waals surface area contributed by atoms with Gasteiger partial charge in [-0.15, -0.1) is 0 Å². The maximum atomic E-state index is 9.51. The predicted molar refractivity (Wildman–Crippen MR) is 84.1 cm³/mol. The number of hydrogen-bond acceptors (Lipinski definition) is 4. The average molecular weight is 284 g/mol. The van der Waals surface area contributed by atoms with E-state index < -0.39 is 0 Å². The van der Waals surface area contributed by atoms with Gasteiger partial charge in [-0.25, -0.2) is 4.98 Å². The van der Waals surface area contributed by atoms with Crippen LogP contribution in [0.2, 0.25) is 0 Å². The second-order valence-electron chi connectivity index (χ2n) is 6.43. The van der Waals surface area contributed by atoms with Gasteiger partial charge in [0.25, 0.3) is 0 Å². The maximum Gasteiger partial charge on any atom is 0.185 e. The number of rotatable bonds is 5. The van der Waals surface area contributed by atoms with Gasteiger partial charge in [0.05, 0.1) is 17.2 Å². The SMILES string of the molecule is CCC(C)c1nc(N(C)C(C)C(C)(C)C)sc1CO. The summed E-state index contributed by atoms with van der Waals surface area (Å²) in [6.45, 7) is 13.4. The maximum absolute atomic E-state index is 9.51. The second-order valence-corrected chi connectivity index (χ2v) is 7.49. The summed E-state index contributed by atoms with van der Waals surface area (Å²) in [6.07, 6.45) is 1.05. The summed E-state index contributed by atoms with van der Waals surface area (Å²) < 4.78 is 0. The lowest BCUT2D eigenvalue weighted by atomic mass is 9.87. The summed E-state index contributed by atoms with van der Waals surface area (Å²) in [5.41, 5.74) is 1.27. The molecule has 0 aliphatic rings. The topological polar surface area (TPSA) is 36.4 Å². The van der Waals surface area contributed by atoms with Crippen molar-refractivity contribution in [1.82, 2.24) is 4.98 Å². The molecule has 1 aromatic heterocycles. The van der Waals surface area contributed by atoms with Crippen LogP contribution in [-0.4, -0.2) is 23.2 Å². The Morgan fingerprint density at radius 1 is 1.32 bits per heavy atom. The number of aromatic nitrogens is 1. The van der Waals surface area contributed by atoms with E-state index in [1.165, 1.54) is 0 Å². The molecule has 1 N–H and O–H groups in total. The van der Waals surface area contributed by atoms with Gasteiger partial charge in [-0.1, -0.05) is 46.0 Å².